The van der Waals surface area contributed by atoms with Crippen LogP contribution < -0.4 is 5.32 Å². The van der Waals surface area contributed by atoms with Gasteiger partial charge in [-0.15, -0.1) is 0 Å². The molecule has 0 aliphatic heterocycles. The first-order chi connectivity index (χ1) is 17.7. The first-order valence-corrected chi connectivity index (χ1v) is 12.4. The highest BCUT2D eigenvalue weighted by Crippen LogP contribution is 2.29. The highest BCUT2D eigenvalue weighted by atomic mass is 32.1. The average Bonchev–Trinajstić information content (AvgIpc) is 2.93. The van der Waals surface area contributed by atoms with Crippen molar-refractivity contribution >= 4 is 34.1 Å². The Balaban J connectivity index is 1.48. The van der Waals surface area contributed by atoms with Gasteiger partial charge in [0.15, 0.2) is 5.11 Å². The first kappa shape index (κ1) is 23.5. The lowest BCUT2D eigenvalue weighted by atomic mass is 10.1. The summed E-state index contributed by atoms with van der Waals surface area (Å²) >= 11 is 5.79. The van der Waals surface area contributed by atoms with Gasteiger partial charge in [0.05, 0.1) is 22.4 Å². The minimum Gasteiger partial charge on any atom is -0.345 e. The second-order valence-corrected chi connectivity index (χ2v) is 8.78. The van der Waals surface area contributed by atoms with Gasteiger partial charge in [-0.1, -0.05) is 49.4 Å². The van der Waals surface area contributed by atoms with E-state index >= 15 is 0 Å². The normalized spacial score (nSPS) is 10.8. The molecule has 0 radical (unpaired) electrons. The lowest BCUT2D eigenvalue weighted by Crippen LogP contribution is -2.34. The maximum absolute atomic E-state index is 5.79. The largest absolute Gasteiger partial charge is 0.345 e. The number of nitrogens with zero attached hydrogens (tertiary/aromatic N) is 5. The predicted molar refractivity (Wildman–Crippen MR) is 149 cm³/mol. The van der Waals surface area contributed by atoms with Crippen LogP contribution in [0.5, 0.6) is 0 Å². The van der Waals surface area contributed by atoms with Crippen molar-refractivity contribution in [3.63, 3.8) is 0 Å². The van der Waals surface area contributed by atoms with E-state index in [1.54, 1.807) is 12.4 Å². The standard InChI is InChI=1S/C29H26N6S/c1-2-18-35(20-21-10-4-3-5-11-21)29(36)32-22-14-15-23-26(19-22)34-28(25-13-7-9-17-31-25)27(33-23)24-12-6-8-16-30-24/h3-17,19H,2,18,20H2,1H3,(H,32,36). The lowest BCUT2D eigenvalue weighted by molar-refractivity contribution is 0.418. The van der Waals surface area contributed by atoms with Gasteiger partial charge in [0.1, 0.15) is 11.4 Å². The van der Waals surface area contributed by atoms with E-state index in [0.29, 0.717) is 16.5 Å². The quantitative estimate of drug-likeness (QED) is 0.266. The van der Waals surface area contributed by atoms with Crippen molar-refractivity contribution < 1.29 is 0 Å². The molecule has 0 aliphatic rings. The Bertz CT molecular complexity index is 1460. The minimum atomic E-state index is 0.683. The van der Waals surface area contributed by atoms with Crippen LogP contribution in [0, 0.1) is 0 Å². The third kappa shape index (κ3) is 5.37. The summed E-state index contributed by atoms with van der Waals surface area (Å²) in [7, 11) is 0. The Labute approximate surface area is 216 Å². The molecule has 7 heteroatoms. The van der Waals surface area contributed by atoms with Crippen LogP contribution in [-0.4, -0.2) is 36.5 Å². The Morgan fingerprint density at radius 3 is 2.03 bits per heavy atom. The van der Waals surface area contributed by atoms with Gasteiger partial charge in [0, 0.05) is 31.2 Å². The summed E-state index contributed by atoms with van der Waals surface area (Å²) in [6, 6.07) is 27.8. The van der Waals surface area contributed by atoms with Crippen LogP contribution >= 0.6 is 12.2 Å². The fourth-order valence-corrected chi connectivity index (χ4v) is 4.30. The van der Waals surface area contributed by atoms with Gasteiger partial charge in [-0.3, -0.25) is 9.97 Å². The number of nitrogens with one attached hydrogen (secondary N) is 1. The van der Waals surface area contributed by atoms with Crippen LogP contribution in [0.1, 0.15) is 18.9 Å². The van der Waals surface area contributed by atoms with Crippen LogP contribution in [0.4, 0.5) is 5.69 Å². The number of pyridine rings is 2. The van der Waals surface area contributed by atoms with Crippen molar-refractivity contribution in [1.82, 2.24) is 24.8 Å². The number of hydrogen-bond donors (Lipinski definition) is 1. The zero-order valence-corrected chi connectivity index (χ0v) is 20.8. The Hall–Kier alpha value is -4.23. The van der Waals surface area contributed by atoms with Gasteiger partial charge >= 0.3 is 0 Å². The van der Waals surface area contributed by atoms with Crippen LogP contribution in [0.15, 0.2) is 97.3 Å². The number of rotatable bonds is 7. The van der Waals surface area contributed by atoms with Crippen molar-refractivity contribution in [1.29, 1.82) is 0 Å². The highest BCUT2D eigenvalue weighted by Gasteiger charge is 2.16. The van der Waals surface area contributed by atoms with Gasteiger partial charge in [0.2, 0.25) is 0 Å². The maximum atomic E-state index is 5.79. The van der Waals surface area contributed by atoms with E-state index in [1.807, 2.05) is 60.7 Å². The zero-order chi connectivity index (χ0) is 24.7. The fourth-order valence-electron chi connectivity index (χ4n) is 4.02. The molecule has 0 atom stereocenters. The molecule has 0 aliphatic carbocycles. The molecule has 0 unspecified atom stereocenters. The van der Waals surface area contributed by atoms with Crippen molar-refractivity contribution in [3.05, 3.63) is 103 Å². The average molecular weight is 491 g/mol. The Kier molecular flexibility index (Phi) is 7.19. The van der Waals surface area contributed by atoms with Gasteiger partial charge in [0.25, 0.3) is 0 Å². The number of hydrogen-bond acceptors (Lipinski definition) is 5. The molecule has 5 aromatic rings. The van der Waals surface area contributed by atoms with Gasteiger partial charge in [-0.2, -0.15) is 0 Å². The summed E-state index contributed by atoms with van der Waals surface area (Å²) in [4.78, 5) is 21.1. The van der Waals surface area contributed by atoms with Crippen LogP contribution in [-0.2, 0) is 6.54 Å². The SMILES string of the molecule is CCCN(Cc1ccccc1)C(=S)Nc1ccc2nc(-c3ccccn3)c(-c3ccccn3)nc2c1. The van der Waals surface area contributed by atoms with Crippen molar-refractivity contribution in [2.24, 2.45) is 0 Å². The lowest BCUT2D eigenvalue weighted by Gasteiger charge is -2.25. The smallest absolute Gasteiger partial charge is 0.173 e. The van der Waals surface area contributed by atoms with E-state index < -0.39 is 0 Å². The molecule has 178 valence electrons. The maximum Gasteiger partial charge on any atom is 0.173 e. The van der Waals surface area contributed by atoms with Gasteiger partial charge in [-0.25, -0.2) is 9.97 Å². The fraction of sp³-hybridized carbons (Fsp3) is 0.138. The third-order valence-corrected chi connectivity index (χ3v) is 6.09. The molecule has 36 heavy (non-hydrogen) atoms. The van der Waals surface area contributed by atoms with E-state index in [-0.39, 0.29) is 0 Å². The second kappa shape index (κ2) is 11.0. The summed E-state index contributed by atoms with van der Waals surface area (Å²) < 4.78 is 0. The number of thiocarbonyl (C=S) groups is 1. The number of aromatic nitrogens is 4. The molecular formula is C29H26N6S. The number of fused-ring (bicyclic) bond motifs is 1. The van der Waals surface area contributed by atoms with Crippen LogP contribution in [0.2, 0.25) is 0 Å². The number of benzene rings is 2. The molecule has 3 aromatic heterocycles. The van der Waals surface area contributed by atoms with Crippen LogP contribution in [0.25, 0.3) is 33.8 Å². The van der Waals surface area contributed by atoms with Gasteiger partial charge in [-0.05, 0) is 66.7 Å². The summed E-state index contributed by atoms with van der Waals surface area (Å²) in [5, 5.41) is 4.09. The van der Waals surface area contributed by atoms with E-state index in [1.165, 1.54) is 5.56 Å². The van der Waals surface area contributed by atoms with Crippen molar-refractivity contribution in [2.45, 2.75) is 19.9 Å². The molecule has 0 fully saturated rings. The summed E-state index contributed by atoms with van der Waals surface area (Å²) in [5.41, 5.74) is 6.53. The Morgan fingerprint density at radius 2 is 1.42 bits per heavy atom. The molecule has 0 saturated heterocycles. The first-order valence-electron chi connectivity index (χ1n) is 12.0. The molecule has 5 rings (SSSR count). The molecule has 2 aromatic carbocycles. The molecular weight excluding hydrogens is 464 g/mol. The van der Waals surface area contributed by atoms with E-state index in [4.69, 9.17) is 22.2 Å². The predicted octanol–water partition coefficient (Wildman–Crippen LogP) is 6.36. The third-order valence-electron chi connectivity index (χ3n) is 5.73. The monoisotopic (exact) mass is 490 g/mol. The van der Waals surface area contributed by atoms with E-state index in [0.717, 1.165) is 47.6 Å². The topological polar surface area (TPSA) is 66.8 Å². The van der Waals surface area contributed by atoms with Crippen LogP contribution in [0.3, 0.4) is 0 Å². The molecule has 0 amide bonds. The van der Waals surface area contributed by atoms with E-state index in [9.17, 15) is 0 Å². The molecule has 0 spiro atoms. The van der Waals surface area contributed by atoms with Gasteiger partial charge < -0.3 is 10.2 Å². The molecule has 6 nitrogen and oxygen atoms in total. The molecule has 3 heterocycles. The Morgan fingerprint density at radius 1 is 0.778 bits per heavy atom. The van der Waals surface area contributed by atoms with Crippen molar-refractivity contribution in [3.8, 4) is 22.8 Å². The van der Waals surface area contributed by atoms with Crippen molar-refractivity contribution in [2.75, 3.05) is 11.9 Å². The minimum absolute atomic E-state index is 0.683. The second-order valence-electron chi connectivity index (χ2n) is 8.39. The molecule has 1 N–H and O–H groups in total. The van der Waals surface area contributed by atoms with E-state index in [2.05, 4.69) is 51.4 Å². The number of anilines is 1. The summed E-state index contributed by atoms with van der Waals surface area (Å²) in [6.07, 6.45) is 4.52. The summed E-state index contributed by atoms with van der Waals surface area (Å²) in [5.74, 6) is 0. The zero-order valence-electron chi connectivity index (χ0n) is 20.0. The molecule has 0 bridgehead atoms. The highest BCUT2D eigenvalue weighted by molar-refractivity contribution is 7.80. The molecule has 0 saturated carbocycles. The summed E-state index contributed by atoms with van der Waals surface area (Å²) in [6.45, 7) is 3.78.